The van der Waals surface area contributed by atoms with E-state index in [4.69, 9.17) is 0 Å². The van der Waals surface area contributed by atoms with Gasteiger partial charge in [-0.1, -0.05) is 30.3 Å². The molecule has 19 heavy (non-hydrogen) atoms. The second kappa shape index (κ2) is 7.17. The van der Waals surface area contributed by atoms with E-state index in [-0.39, 0.29) is 0 Å². The molecule has 1 saturated heterocycles. The van der Waals surface area contributed by atoms with Gasteiger partial charge in [0.2, 0.25) is 0 Å². The Morgan fingerprint density at radius 1 is 1.37 bits per heavy atom. The minimum atomic E-state index is -0.693. The maximum atomic E-state index is 11.2. The summed E-state index contributed by atoms with van der Waals surface area (Å²) in [6.07, 6.45) is 2.85. The maximum Gasteiger partial charge on any atom is 0.0359 e. The van der Waals surface area contributed by atoms with Crippen LogP contribution in [0.5, 0.6) is 0 Å². The second-order valence-electron chi connectivity index (χ2n) is 5.42. The molecule has 1 aromatic rings. The standard InChI is InChI=1S/C15H24N2OS/c1-13-11-16-15(10-14-6-4-3-5-7-14)12-17(13)8-9-19(2)18/h3-7,13,15-16H,8-12H2,1-2H3. The summed E-state index contributed by atoms with van der Waals surface area (Å²) in [5.41, 5.74) is 1.38. The third-order valence-electron chi connectivity index (χ3n) is 3.77. The number of hydrogen-bond acceptors (Lipinski definition) is 3. The Balaban J connectivity index is 1.88. The molecule has 0 saturated carbocycles. The van der Waals surface area contributed by atoms with Crippen LogP contribution in [0.4, 0.5) is 0 Å². The van der Waals surface area contributed by atoms with Gasteiger partial charge in [0.15, 0.2) is 0 Å². The molecule has 1 aromatic carbocycles. The molecule has 106 valence electrons. The minimum absolute atomic E-state index is 0.504. The van der Waals surface area contributed by atoms with Gasteiger partial charge < -0.3 is 5.32 Å². The number of benzene rings is 1. The average Bonchev–Trinajstić information content (AvgIpc) is 2.40. The first-order chi connectivity index (χ1) is 9.15. The molecule has 3 nitrogen and oxygen atoms in total. The molecule has 3 unspecified atom stereocenters. The summed E-state index contributed by atoms with van der Waals surface area (Å²) in [7, 11) is -0.693. The van der Waals surface area contributed by atoms with Crippen molar-refractivity contribution in [2.24, 2.45) is 0 Å². The second-order valence-corrected chi connectivity index (χ2v) is 6.97. The summed E-state index contributed by atoms with van der Waals surface area (Å²) in [5.74, 6) is 0.780. The zero-order valence-corrected chi connectivity index (χ0v) is 12.7. The summed E-state index contributed by atoms with van der Waals surface area (Å²) >= 11 is 0. The van der Waals surface area contributed by atoms with Crippen LogP contribution in [0.3, 0.4) is 0 Å². The number of nitrogens with zero attached hydrogens (tertiary/aromatic N) is 1. The molecule has 1 aliphatic rings. The van der Waals surface area contributed by atoms with E-state index in [9.17, 15) is 4.21 Å². The molecule has 0 radical (unpaired) electrons. The molecule has 0 bridgehead atoms. The highest BCUT2D eigenvalue weighted by Gasteiger charge is 2.24. The topological polar surface area (TPSA) is 32.3 Å². The largest absolute Gasteiger partial charge is 0.311 e. The molecule has 3 atom stereocenters. The Morgan fingerprint density at radius 3 is 2.79 bits per heavy atom. The van der Waals surface area contributed by atoms with Crippen LogP contribution in [-0.4, -0.2) is 52.8 Å². The Hall–Kier alpha value is -0.710. The van der Waals surface area contributed by atoms with Crippen molar-refractivity contribution >= 4 is 10.8 Å². The Kier molecular flexibility index (Phi) is 5.55. The zero-order valence-electron chi connectivity index (χ0n) is 11.8. The van der Waals surface area contributed by atoms with Crippen LogP contribution in [0.1, 0.15) is 12.5 Å². The lowest BCUT2D eigenvalue weighted by molar-refractivity contribution is 0.149. The first-order valence-corrected chi connectivity index (χ1v) is 8.69. The van der Waals surface area contributed by atoms with Crippen molar-refractivity contribution < 1.29 is 4.21 Å². The highest BCUT2D eigenvalue weighted by molar-refractivity contribution is 7.84. The van der Waals surface area contributed by atoms with Gasteiger partial charge in [0.1, 0.15) is 0 Å². The predicted octanol–water partition coefficient (Wildman–Crippen LogP) is 1.27. The van der Waals surface area contributed by atoms with Gasteiger partial charge in [-0.05, 0) is 18.9 Å². The lowest BCUT2D eigenvalue weighted by Gasteiger charge is -2.38. The molecule has 1 N–H and O–H groups in total. The van der Waals surface area contributed by atoms with E-state index in [0.29, 0.717) is 12.1 Å². The van der Waals surface area contributed by atoms with Crippen molar-refractivity contribution in [2.45, 2.75) is 25.4 Å². The van der Waals surface area contributed by atoms with Gasteiger partial charge in [-0.2, -0.15) is 0 Å². The summed E-state index contributed by atoms with van der Waals surface area (Å²) in [6.45, 7) is 5.25. The van der Waals surface area contributed by atoms with E-state index in [0.717, 1.165) is 31.8 Å². The van der Waals surface area contributed by atoms with Crippen molar-refractivity contribution in [3.8, 4) is 0 Å². The summed E-state index contributed by atoms with van der Waals surface area (Å²) in [6, 6.07) is 11.7. The minimum Gasteiger partial charge on any atom is -0.311 e. The normalized spacial score (nSPS) is 26.2. The van der Waals surface area contributed by atoms with Gasteiger partial charge in [-0.25, -0.2) is 0 Å². The van der Waals surface area contributed by atoms with Crippen LogP contribution in [0.15, 0.2) is 30.3 Å². The highest BCUT2D eigenvalue weighted by atomic mass is 32.2. The van der Waals surface area contributed by atoms with Crippen molar-refractivity contribution in [1.82, 2.24) is 10.2 Å². The van der Waals surface area contributed by atoms with Crippen LogP contribution in [0.2, 0.25) is 0 Å². The molecule has 4 heteroatoms. The van der Waals surface area contributed by atoms with Gasteiger partial charge in [0.25, 0.3) is 0 Å². The van der Waals surface area contributed by atoms with Gasteiger partial charge in [0.05, 0.1) is 0 Å². The third-order valence-corrected chi connectivity index (χ3v) is 4.53. The quantitative estimate of drug-likeness (QED) is 0.881. The van der Waals surface area contributed by atoms with Gasteiger partial charge in [0, 0.05) is 54.5 Å². The number of nitrogens with one attached hydrogen (secondary N) is 1. The Labute approximate surface area is 118 Å². The van der Waals surface area contributed by atoms with E-state index < -0.39 is 10.8 Å². The van der Waals surface area contributed by atoms with Gasteiger partial charge in [-0.3, -0.25) is 9.11 Å². The number of hydrogen-bond donors (Lipinski definition) is 1. The van der Waals surface area contributed by atoms with Crippen molar-refractivity contribution in [1.29, 1.82) is 0 Å². The molecule has 1 aliphatic heterocycles. The zero-order chi connectivity index (χ0) is 13.7. The summed E-state index contributed by atoms with van der Waals surface area (Å²) in [5, 5.41) is 3.62. The average molecular weight is 280 g/mol. The number of rotatable bonds is 5. The lowest BCUT2D eigenvalue weighted by Crippen LogP contribution is -2.56. The van der Waals surface area contributed by atoms with Crippen LogP contribution in [0.25, 0.3) is 0 Å². The monoisotopic (exact) mass is 280 g/mol. The molecule has 0 spiro atoms. The van der Waals surface area contributed by atoms with Crippen LogP contribution in [0, 0.1) is 0 Å². The SMILES string of the molecule is CC1CNC(Cc2ccccc2)CN1CCS(C)=O. The van der Waals surface area contributed by atoms with E-state index in [1.54, 1.807) is 6.26 Å². The smallest absolute Gasteiger partial charge is 0.0359 e. The predicted molar refractivity (Wildman–Crippen MR) is 81.9 cm³/mol. The van der Waals surface area contributed by atoms with Crippen molar-refractivity contribution in [2.75, 3.05) is 31.6 Å². The molecule has 0 aromatic heterocycles. The van der Waals surface area contributed by atoms with Gasteiger partial charge >= 0.3 is 0 Å². The fourth-order valence-corrected chi connectivity index (χ4v) is 3.08. The molecule has 1 fully saturated rings. The first-order valence-electron chi connectivity index (χ1n) is 6.96. The van der Waals surface area contributed by atoms with Crippen LogP contribution >= 0.6 is 0 Å². The van der Waals surface area contributed by atoms with Crippen molar-refractivity contribution in [3.05, 3.63) is 35.9 Å². The van der Waals surface area contributed by atoms with Crippen LogP contribution < -0.4 is 5.32 Å². The van der Waals surface area contributed by atoms with E-state index >= 15 is 0 Å². The number of piperazine rings is 1. The van der Waals surface area contributed by atoms with E-state index in [1.807, 2.05) is 0 Å². The fourth-order valence-electron chi connectivity index (χ4n) is 2.59. The molecular formula is C15H24N2OS. The summed E-state index contributed by atoms with van der Waals surface area (Å²) < 4.78 is 11.2. The van der Waals surface area contributed by atoms with E-state index in [1.165, 1.54) is 5.56 Å². The van der Waals surface area contributed by atoms with Crippen molar-refractivity contribution in [3.63, 3.8) is 0 Å². The Morgan fingerprint density at radius 2 is 2.11 bits per heavy atom. The molecule has 0 aliphatic carbocycles. The third kappa shape index (κ3) is 4.71. The summed E-state index contributed by atoms with van der Waals surface area (Å²) in [4.78, 5) is 2.46. The highest BCUT2D eigenvalue weighted by Crippen LogP contribution is 2.11. The van der Waals surface area contributed by atoms with E-state index in [2.05, 4.69) is 47.5 Å². The molecular weight excluding hydrogens is 256 g/mol. The van der Waals surface area contributed by atoms with Crippen LogP contribution in [-0.2, 0) is 17.2 Å². The Bertz CT molecular complexity index is 410. The maximum absolute atomic E-state index is 11.2. The first kappa shape index (κ1) is 14.7. The fraction of sp³-hybridized carbons (Fsp3) is 0.600. The van der Waals surface area contributed by atoms with Gasteiger partial charge in [-0.15, -0.1) is 0 Å². The molecule has 1 heterocycles. The lowest BCUT2D eigenvalue weighted by atomic mass is 10.0. The molecule has 2 rings (SSSR count). The molecule has 0 amide bonds.